The topological polar surface area (TPSA) is 42.0 Å². The van der Waals surface area contributed by atoms with Crippen LogP contribution in [0.25, 0.3) is 0 Å². The number of hydrogen-bond donors (Lipinski definition) is 1. The summed E-state index contributed by atoms with van der Waals surface area (Å²) < 4.78 is 0.876. The highest BCUT2D eigenvalue weighted by molar-refractivity contribution is 7.20. The first-order chi connectivity index (χ1) is 7.56. The van der Waals surface area contributed by atoms with Gasteiger partial charge in [-0.1, -0.05) is 23.2 Å². The van der Waals surface area contributed by atoms with E-state index in [2.05, 4.69) is 10.3 Å². The van der Waals surface area contributed by atoms with Gasteiger partial charge in [-0.05, 0) is 13.0 Å². The number of carbonyl (C=O) groups excluding carboxylic acids is 1. The molecule has 2 rings (SSSR count). The van der Waals surface area contributed by atoms with Crippen molar-refractivity contribution in [1.82, 2.24) is 4.98 Å². The van der Waals surface area contributed by atoms with Crippen LogP contribution in [0.15, 0.2) is 11.4 Å². The van der Waals surface area contributed by atoms with Gasteiger partial charge >= 0.3 is 0 Å². The van der Waals surface area contributed by atoms with Crippen molar-refractivity contribution in [2.24, 2.45) is 0 Å². The van der Waals surface area contributed by atoms with Crippen LogP contribution in [0.2, 0.25) is 8.67 Å². The number of nitrogens with zero attached hydrogens (tertiary/aromatic N) is 1. The van der Waals surface area contributed by atoms with Crippen LogP contribution in [0.3, 0.4) is 0 Å². The molecule has 1 amide bonds. The molecule has 2 heterocycles. The van der Waals surface area contributed by atoms with Crippen LogP contribution in [0.1, 0.15) is 16.1 Å². The Morgan fingerprint density at radius 3 is 2.75 bits per heavy atom. The Morgan fingerprint density at radius 2 is 2.25 bits per heavy atom. The van der Waals surface area contributed by atoms with Crippen molar-refractivity contribution in [3.05, 3.63) is 31.4 Å². The van der Waals surface area contributed by atoms with Crippen molar-refractivity contribution in [3.63, 3.8) is 0 Å². The van der Waals surface area contributed by atoms with E-state index in [0.717, 1.165) is 5.69 Å². The second kappa shape index (κ2) is 4.71. The molecule has 0 fully saturated rings. The van der Waals surface area contributed by atoms with Crippen molar-refractivity contribution in [3.8, 4) is 0 Å². The Hall–Kier alpha value is -0.620. The Labute approximate surface area is 110 Å². The third kappa shape index (κ3) is 2.55. The fourth-order valence-electron chi connectivity index (χ4n) is 1.07. The summed E-state index contributed by atoms with van der Waals surface area (Å²) >= 11 is 14.2. The van der Waals surface area contributed by atoms with Gasteiger partial charge in [-0.25, -0.2) is 4.98 Å². The lowest BCUT2D eigenvalue weighted by Crippen LogP contribution is -2.11. The largest absolute Gasteiger partial charge is 0.298 e. The second-order valence-corrected chi connectivity index (χ2v) is 6.13. The monoisotopic (exact) mass is 292 g/mol. The Kier molecular flexibility index (Phi) is 3.49. The standard InChI is InChI=1S/C9H6Cl2N2OS2/c1-4-3-15-9(12-4)13-8(14)5-2-6(10)16-7(5)11/h2-3H,1H3,(H,12,13,14). The van der Waals surface area contributed by atoms with Gasteiger partial charge in [0.25, 0.3) is 5.91 Å². The number of aryl methyl sites for hydroxylation is 1. The highest BCUT2D eigenvalue weighted by Gasteiger charge is 2.15. The van der Waals surface area contributed by atoms with E-state index in [4.69, 9.17) is 23.2 Å². The zero-order valence-electron chi connectivity index (χ0n) is 8.08. The normalized spacial score (nSPS) is 10.4. The Balaban J connectivity index is 2.17. The van der Waals surface area contributed by atoms with Crippen LogP contribution in [-0.2, 0) is 0 Å². The Morgan fingerprint density at radius 1 is 1.50 bits per heavy atom. The third-order valence-electron chi connectivity index (χ3n) is 1.74. The number of thiophene rings is 1. The first-order valence-electron chi connectivity index (χ1n) is 4.24. The molecule has 0 aliphatic rings. The SMILES string of the molecule is Cc1csc(NC(=O)c2cc(Cl)sc2Cl)n1. The van der Waals surface area contributed by atoms with Crippen LogP contribution in [0.4, 0.5) is 5.13 Å². The minimum Gasteiger partial charge on any atom is -0.298 e. The predicted molar refractivity (Wildman–Crippen MR) is 69.1 cm³/mol. The van der Waals surface area contributed by atoms with Crippen molar-refractivity contribution in [1.29, 1.82) is 0 Å². The van der Waals surface area contributed by atoms with Crippen LogP contribution >= 0.6 is 45.9 Å². The molecule has 0 aliphatic heterocycles. The summed E-state index contributed by atoms with van der Waals surface area (Å²) in [4.78, 5) is 15.9. The van der Waals surface area contributed by atoms with E-state index in [9.17, 15) is 4.79 Å². The summed E-state index contributed by atoms with van der Waals surface area (Å²) in [5.41, 5.74) is 1.25. The molecule has 0 saturated carbocycles. The van der Waals surface area contributed by atoms with Crippen LogP contribution in [0.5, 0.6) is 0 Å². The van der Waals surface area contributed by atoms with E-state index < -0.39 is 0 Å². The number of carbonyl (C=O) groups is 1. The molecule has 3 nitrogen and oxygen atoms in total. The van der Waals surface area contributed by atoms with E-state index in [-0.39, 0.29) is 5.91 Å². The number of aromatic nitrogens is 1. The highest BCUT2D eigenvalue weighted by atomic mass is 35.5. The fourth-order valence-corrected chi connectivity index (χ4v) is 3.21. The summed E-state index contributed by atoms with van der Waals surface area (Å²) in [6, 6.07) is 1.55. The second-order valence-electron chi connectivity index (χ2n) is 2.99. The molecular weight excluding hydrogens is 287 g/mol. The molecule has 2 aromatic rings. The summed E-state index contributed by atoms with van der Waals surface area (Å²) in [5.74, 6) is -0.289. The number of hydrogen-bond acceptors (Lipinski definition) is 4. The summed E-state index contributed by atoms with van der Waals surface area (Å²) in [7, 11) is 0. The van der Waals surface area contributed by atoms with E-state index in [1.165, 1.54) is 22.7 Å². The van der Waals surface area contributed by atoms with Gasteiger partial charge in [0.2, 0.25) is 0 Å². The number of thiazole rings is 1. The number of rotatable bonds is 2. The zero-order chi connectivity index (χ0) is 11.7. The molecule has 0 bridgehead atoms. The van der Waals surface area contributed by atoms with Gasteiger partial charge in [0.15, 0.2) is 5.13 Å². The van der Waals surface area contributed by atoms with Crippen molar-refractivity contribution in [2.45, 2.75) is 6.92 Å². The number of halogens is 2. The van der Waals surface area contributed by atoms with Crippen LogP contribution in [-0.4, -0.2) is 10.9 Å². The van der Waals surface area contributed by atoms with Gasteiger partial charge < -0.3 is 0 Å². The molecule has 0 saturated heterocycles. The summed E-state index contributed by atoms with van der Waals surface area (Å²) in [6.07, 6.45) is 0. The van der Waals surface area contributed by atoms with Crippen molar-refractivity contribution in [2.75, 3.05) is 5.32 Å². The van der Waals surface area contributed by atoms with Gasteiger partial charge in [0.1, 0.15) is 4.34 Å². The highest BCUT2D eigenvalue weighted by Crippen LogP contribution is 2.31. The maximum absolute atomic E-state index is 11.8. The van der Waals surface area contributed by atoms with Gasteiger partial charge in [-0.2, -0.15) is 0 Å². The van der Waals surface area contributed by atoms with Gasteiger partial charge in [-0.15, -0.1) is 22.7 Å². The molecule has 16 heavy (non-hydrogen) atoms. The molecule has 1 N–H and O–H groups in total. The molecular formula is C9H6Cl2N2OS2. The Bertz CT molecular complexity index is 535. The fraction of sp³-hybridized carbons (Fsp3) is 0.111. The lowest BCUT2D eigenvalue weighted by molar-refractivity contribution is 0.102. The molecule has 0 unspecified atom stereocenters. The van der Waals surface area contributed by atoms with Gasteiger partial charge in [-0.3, -0.25) is 10.1 Å². The zero-order valence-corrected chi connectivity index (χ0v) is 11.2. The van der Waals surface area contributed by atoms with E-state index in [0.29, 0.717) is 19.4 Å². The maximum atomic E-state index is 11.8. The predicted octanol–water partition coefficient (Wildman–Crippen LogP) is 4.07. The van der Waals surface area contributed by atoms with Crippen LogP contribution in [0, 0.1) is 6.92 Å². The molecule has 0 aliphatic carbocycles. The average molecular weight is 293 g/mol. The lowest BCUT2D eigenvalue weighted by Gasteiger charge is -1.98. The number of amides is 1. The van der Waals surface area contributed by atoms with Crippen molar-refractivity contribution < 1.29 is 4.79 Å². The minimum atomic E-state index is -0.289. The number of anilines is 1. The first kappa shape index (κ1) is 11.9. The lowest BCUT2D eigenvalue weighted by atomic mass is 10.3. The quantitative estimate of drug-likeness (QED) is 0.906. The average Bonchev–Trinajstić information content (AvgIpc) is 2.73. The number of nitrogens with one attached hydrogen (secondary N) is 1. The maximum Gasteiger partial charge on any atom is 0.259 e. The van der Waals surface area contributed by atoms with E-state index in [1.54, 1.807) is 6.07 Å². The smallest absolute Gasteiger partial charge is 0.259 e. The van der Waals surface area contributed by atoms with Crippen LogP contribution < -0.4 is 5.32 Å². The molecule has 2 aromatic heterocycles. The molecule has 84 valence electrons. The third-order valence-corrected chi connectivity index (χ3v) is 4.10. The first-order valence-corrected chi connectivity index (χ1v) is 6.70. The van der Waals surface area contributed by atoms with Gasteiger partial charge in [0, 0.05) is 5.38 Å². The van der Waals surface area contributed by atoms with E-state index >= 15 is 0 Å². The van der Waals surface area contributed by atoms with Crippen molar-refractivity contribution >= 4 is 56.9 Å². The minimum absolute atomic E-state index is 0.289. The van der Waals surface area contributed by atoms with Gasteiger partial charge in [0.05, 0.1) is 15.6 Å². The molecule has 0 atom stereocenters. The molecule has 0 aromatic carbocycles. The molecule has 0 spiro atoms. The molecule has 0 radical (unpaired) electrons. The molecule has 7 heteroatoms. The summed E-state index contributed by atoms with van der Waals surface area (Å²) in [5, 5.41) is 5.08. The summed E-state index contributed by atoms with van der Waals surface area (Å²) in [6.45, 7) is 1.86. The van der Waals surface area contributed by atoms with E-state index in [1.807, 2.05) is 12.3 Å².